The molecule has 2 fully saturated rings. The zero-order valence-electron chi connectivity index (χ0n) is 11.9. The molecule has 0 N–H and O–H groups in total. The third-order valence-corrected chi connectivity index (χ3v) is 4.47. The first-order valence-electron chi connectivity index (χ1n) is 7.42. The van der Waals surface area contributed by atoms with Crippen LogP contribution in [-0.4, -0.2) is 46.1 Å². The lowest BCUT2D eigenvalue weighted by Crippen LogP contribution is -2.50. The number of carbonyl (C=O) groups is 1. The molecule has 2 aliphatic rings. The largest absolute Gasteiger partial charge is 0.373 e. The summed E-state index contributed by atoms with van der Waals surface area (Å²) in [6, 6.07) is 0. The fourth-order valence-electron chi connectivity index (χ4n) is 3.33. The average molecular weight is 275 g/mol. The Kier molecular flexibility index (Phi) is 3.70. The summed E-state index contributed by atoms with van der Waals surface area (Å²) in [5, 5.41) is 0. The van der Waals surface area contributed by atoms with Gasteiger partial charge in [0.2, 0.25) is 0 Å². The van der Waals surface area contributed by atoms with Crippen LogP contribution in [-0.2, 0) is 4.74 Å². The van der Waals surface area contributed by atoms with Crippen LogP contribution in [0.4, 0.5) is 0 Å². The minimum atomic E-state index is -0.114. The Morgan fingerprint density at radius 2 is 2.45 bits per heavy atom. The number of carbonyl (C=O) groups excluding carboxylic acids is 1. The van der Waals surface area contributed by atoms with Crippen molar-refractivity contribution in [3.05, 3.63) is 24.3 Å². The molecule has 5 heteroatoms. The van der Waals surface area contributed by atoms with Crippen LogP contribution in [0.1, 0.15) is 43.1 Å². The SMILES string of the molecule is CC[C@H]1CO[C@@]2(CCCN(C(=O)c3cnccn3)C2)C1. The van der Waals surface area contributed by atoms with Crippen molar-refractivity contribution in [2.45, 2.75) is 38.2 Å². The Balaban J connectivity index is 1.71. The molecule has 0 aromatic carbocycles. The highest BCUT2D eigenvalue weighted by Crippen LogP contribution is 2.38. The molecule has 3 heterocycles. The van der Waals surface area contributed by atoms with Gasteiger partial charge in [0.1, 0.15) is 5.69 Å². The second kappa shape index (κ2) is 5.48. The van der Waals surface area contributed by atoms with Crippen molar-refractivity contribution in [1.82, 2.24) is 14.9 Å². The number of hydrogen-bond donors (Lipinski definition) is 0. The molecule has 2 atom stereocenters. The van der Waals surface area contributed by atoms with Crippen molar-refractivity contribution in [2.75, 3.05) is 19.7 Å². The maximum atomic E-state index is 12.5. The first-order chi connectivity index (χ1) is 9.72. The standard InChI is InChI=1S/C15H21N3O2/c1-2-12-8-15(20-10-12)4-3-7-18(11-15)14(19)13-9-16-5-6-17-13/h5-6,9,12H,2-4,7-8,10-11H2,1H3/t12-,15+/m1/s1. The maximum absolute atomic E-state index is 12.5. The van der Waals surface area contributed by atoms with Crippen LogP contribution in [0, 0.1) is 5.92 Å². The molecule has 108 valence electrons. The van der Waals surface area contributed by atoms with Gasteiger partial charge in [0, 0.05) is 18.9 Å². The third-order valence-electron chi connectivity index (χ3n) is 4.47. The van der Waals surface area contributed by atoms with E-state index in [1.54, 1.807) is 12.4 Å². The Morgan fingerprint density at radius 3 is 3.15 bits per heavy atom. The zero-order chi connectivity index (χ0) is 14.0. The van der Waals surface area contributed by atoms with Crippen LogP contribution in [0.2, 0.25) is 0 Å². The fourth-order valence-corrected chi connectivity index (χ4v) is 3.33. The summed E-state index contributed by atoms with van der Waals surface area (Å²) in [7, 11) is 0. The Bertz CT molecular complexity index is 479. The number of rotatable bonds is 2. The topological polar surface area (TPSA) is 55.3 Å². The summed E-state index contributed by atoms with van der Waals surface area (Å²) in [6.07, 6.45) is 8.98. The summed E-state index contributed by atoms with van der Waals surface area (Å²) in [5.74, 6) is 0.613. The second-order valence-electron chi connectivity index (χ2n) is 5.89. The summed E-state index contributed by atoms with van der Waals surface area (Å²) >= 11 is 0. The van der Waals surface area contributed by atoms with Crippen LogP contribution in [0.15, 0.2) is 18.6 Å². The van der Waals surface area contributed by atoms with E-state index in [4.69, 9.17) is 4.74 Å². The van der Waals surface area contributed by atoms with E-state index in [0.717, 1.165) is 38.8 Å². The molecule has 0 bridgehead atoms. The zero-order valence-corrected chi connectivity index (χ0v) is 11.9. The van der Waals surface area contributed by atoms with E-state index >= 15 is 0 Å². The van der Waals surface area contributed by atoms with Crippen LogP contribution in [0.3, 0.4) is 0 Å². The second-order valence-corrected chi connectivity index (χ2v) is 5.89. The first kappa shape index (κ1) is 13.5. The number of piperidine rings is 1. The molecule has 3 rings (SSSR count). The summed E-state index contributed by atoms with van der Waals surface area (Å²) in [4.78, 5) is 22.4. The molecule has 0 saturated carbocycles. The first-order valence-corrected chi connectivity index (χ1v) is 7.42. The monoisotopic (exact) mass is 275 g/mol. The summed E-state index contributed by atoms with van der Waals surface area (Å²) in [5.41, 5.74) is 0.311. The molecule has 1 aromatic rings. The quantitative estimate of drug-likeness (QED) is 0.827. The lowest BCUT2D eigenvalue weighted by molar-refractivity contribution is -0.0451. The average Bonchev–Trinajstić information content (AvgIpc) is 2.90. The van der Waals surface area contributed by atoms with Gasteiger partial charge >= 0.3 is 0 Å². The number of amides is 1. The van der Waals surface area contributed by atoms with Crippen LogP contribution >= 0.6 is 0 Å². The van der Waals surface area contributed by atoms with E-state index in [2.05, 4.69) is 16.9 Å². The van der Waals surface area contributed by atoms with Gasteiger partial charge in [-0.15, -0.1) is 0 Å². The molecule has 5 nitrogen and oxygen atoms in total. The molecular formula is C15H21N3O2. The Hall–Kier alpha value is -1.49. The van der Waals surface area contributed by atoms with Gasteiger partial charge in [0.05, 0.1) is 24.9 Å². The Labute approximate surface area is 119 Å². The van der Waals surface area contributed by atoms with Crippen LogP contribution < -0.4 is 0 Å². The van der Waals surface area contributed by atoms with Crippen molar-refractivity contribution in [1.29, 1.82) is 0 Å². The smallest absolute Gasteiger partial charge is 0.274 e. The molecule has 1 spiro atoms. The van der Waals surface area contributed by atoms with Crippen molar-refractivity contribution in [2.24, 2.45) is 5.92 Å². The van der Waals surface area contributed by atoms with E-state index < -0.39 is 0 Å². The predicted molar refractivity (Wildman–Crippen MR) is 74.3 cm³/mol. The molecule has 2 aliphatic heterocycles. The van der Waals surface area contributed by atoms with Gasteiger partial charge in [0.25, 0.3) is 5.91 Å². The van der Waals surface area contributed by atoms with Gasteiger partial charge in [-0.25, -0.2) is 4.98 Å². The number of likely N-dealkylation sites (tertiary alicyclic amines) is 1. The molecular weight excluding hydrogens is 254 g/mol. The molecule has 20 heavy (non-hydrogen) atoms. The highest BCUT2D eigenvalue weighted by molar-refractivity contribution is 5.92. The van der Waals surface area contributed by atoms with Gasteiger partial charge in [-0.2, -0.15) is 0 Å². The van der Waals surface area contributed by atoms with E-state index in [1.165, 1.54) is 6.20 Å². The number of nitrogens with zero attached hydrogens (tertiary/aromatic N) is 3. The van der Waals surface area contributed by atoms with Crippen LogP contribution in [0.5, 0.6) is 0 Å². The van der Waals surface area contributed by atoms with Crippen molar-refractivity contribution < 1.29 is 9.53 Å². The summed E-state index contributed by atoms with van der Waals surface area (Å²) in [6.45, 7) is 4.53. The van der Waals surface area contributed by atoms with Gasteiger partial charge in [-0.1, -0.05) is 13.3 Å². The van der Waals surface area contributed by atoms with Crippen LogP contribution in [0.25, 0.3) is 0 Å². The van der Waals surface area contributed by atoms with E-state index in [9.17, 15) is 4.79 Å². The van der Waals surface area contributed by atoms with E-state index in [0.29, 0.717) is 18.2 Å². The highest BCUT2D eigenvalue weighted by Gasteiger charge is 2.44. The fraction of sp³-hybridized carbons (Fsp3) is 0.667. The Morgan fingerprint density at radius 1 is 1.55 bits per heavy atom. The molecule has 0 aliphatic carbocycles. The molecule has 0 radical (unpaired) electrons. The van der Waals surface area contributed by atoms with E-state index in [-0.39, 0.29) is 11.5 Å². The number of ether oxygens (including phenoxy) is 1. The highest BCUT2D eigenvalue weighted by atomic mass is 16.5. The van der Waals surface area contributed by atoms with Gasteiger partial charge in [-0.3, -0.25) is 9.78 Å². The van der Waals surface area contributed by atoms with Crippen molar-refractivity contribution >= 4 is 5.91 Å². The summed E-state index contributed by atoms with van der Waals surface area (Å²) < 4.78 is 6.07. The molecule has 1 amide bonds. The number of hydrogen-bond acceptors (Lipinski definition) is 4. The lowest BCUT2D eigenvalue weighted by Gasteiger charge is -2.39. The minimum Gasteiger partial charge on any atom is -0.373 e. The molecule has 2 saturated heterocycles. The third kappa shape index (κ3) is 2.54. The maximum Gasteiger partial charge on any atom is 0.274 e. The number of aromatic nitrogens is 2. The van der Waals surface area contributed by atoms with E-state index in [1.807, 2.05) is 4.90 Å². The lowest BCUT2D eigenvalue weighted by atomic mass is 9.86. The minimum absolute atomic E-state index is 0.0271. The van der Waals surface area contributed by atoms with Gasteiger partial charge in [0.15, 0.2) is 0 Å². The molecule has 0 unspecified atom stereocenters. The van der Waals surface area contributed by atoms with Gasteiger partial charge < -0.3 is 9.64 Å². The predicted octanol–water partition coefficient (Wildman–Crippen LogP) is 1.90. The van der Waals surface area contributed by atoms with Gasteiger partial charge in [-0.05, 0) is 25.2 Å². The normalized spacial score (nSPS) is 29.9. The molecule has 1 aromatic heterocycles. The van der Waals surface area contributed by atoms with Crippen molar-refractivity contribution in [3.8, 4) is 0 Å². The van der Waals surface area contributed by atoms with Crippen molar-refractivity contribution in [3.63, 3.8) is 0 Å².